The molecule has 4 nitrogen and oxygen atoms in total. The third-order valence-corrected chi connectivity index (χ3v) is 6.48. The molecule has 1 aliphatic rings. The Kier molecular flexibility index (Phi) is 8.90. The third kappa shape index (κ3) is 6.36. The minimum Gasteiger partial charge on any atom is -0.373 e. The Balaban J connectivity index is 2.61. The van der Waals surface area contributed by atoms with Crippen LogP contribution >= 0.6 is 0 Å². The average molecular weight is 289 g/mol. The molecule has 0 aromatic carbocycles. The van der Waals surface area contributed by atoms with Gasteiger partial charge in [-0.3, -0.25) is 4.90 Å². The standard InChI is InChI=1S/C14H31NO3Si/c1-4-16-19(17-5-2,18-6-3)14-15-12-10-8-7-9-11-13-15/h4-14H2,1-3H3. The van der Waals surface area contributed by atoms with Crippen molar-refractivity contribution in [2.45, 2.75) is 52.9 Å². The van der Waals surface area contributed by atoms with Gasteiger partial charge in [-0.2, -0.15) is 0 Å². The summed E-state index contributed by atoms with van der Waals surface area (Å²) in [5.41, 5.74) is 0. The van der Waals surface area contributed by atoms with E-state index < -0.39 is 8.80 Å². The van der Waals surface area contributed by atoms with E-state index in [2.05, 4.69) is 4.90 Å². The number of rotatable bonds is 8. The second-order valence-electron chi connectivity index (χ2n) is 5.03. The maximum absolute atomic E-state index is 5.94. The van der Waals surface area contributed by atoms with E-state index in [1.54, 1.807) is 0 Å². The molecular formula is C14H31NO3Si. The van der Waals surface area contributed by atoms with Crippen LogP contribution in [0, 0.1) is 0 Å². The molecule has 19 heavy (non-hydrogen) atoms. The van der Waals surface area contributed by atoms with Crippen molar-refractivity contribution in [2.75, 3.05) is 39.1 Å². The smallest absolute Gasteiger partial charge is 0.373 e. The van der Waals surface area contributed by atoms with Crippen molar-refractivity contribution in [3.8, 4) is 0 Å². The van der Waals surface area contributed by atoms with Gasteiger partial charge in [-0.25, -0.2) is 0 Å². The van der Waals surface area contributed by atoms with Crippen LogP contribution in [0.1, 0.15) is 52.9 Å². The SMILES string of the molecule is CCO[Si](CN1CCCCCCC1)(OCC)OCC. The molecule has 0 spiro atoms. The summed E-state index contributed by atoms with van der Waals surface area (Å²) in [5, 5.41) is 0. The fourth-order valence-electron chi connectivity index (χ4n) is 2.67. The minimum absolute atomic E-state index is 0.667. The van der Waals surface area contributed by atoms with E-state index in [-0.39, 0.29) is 0 Å². The van der Waals surface area contributed by atoms with Gasteiger partial charge in [0.25, 0.3) is 0 Å². The van der Waals surface area contributed by atoms with Gasteiger partial charge in [0.05, 0.1) is 6.17 Å². The Labute approximate surface area is 119 Å². The third-order valence-electron chi connectivity index (χ3n) is 3.46. The van der Waals surface area contributed by atoms with Crippen molar-refractivity contribution in [1.82, 2.24) is 4.90 Å². The molecule has 114 valence electrons. The van der Waals surface area contributed by atoms with Crippen molar-refractivity contribution in [3.05, 3.63) is 0 Å². The number of nitrogens with zero attached hydrogens (tertiary/aromatic N) is 1. The predicted octanol–water partition coefficient (Wildman–Crippen LogP) is 2.84. The zero-order chi connectivity index (χ0) is 14.0. The van der Waals surface area contributed by atoms with Crippen LogP contribution in [0.5, 0.6) is 0 Å². The summed E-state index contributed by atoms with van der Waals surface area (Å²) in [6.45, 7) is 10.4. The lowest BCUT2D eigenvalue weighted by atomic mass is 10.1. The first-order valence-electron chi connectivity index (χ1n) is 7.90. The molecule has 0 amide bonds. The number of hydrogen-bond acceptors (Lipinski definition) is 4. The Hall–Kier alpha value is 0.0569. The Bertz CT molecular complexity index is 204. The lowest BCUT2D eigenvalue weighted by Gasteiger charge is -2.34. The Morgan fingerprint density at radius 3 is 1.58 bits per heavy atom. The van der Waals surface area contributed by atoms with E-state index in [1.807, 2.05) is 20.8 Å². The molecule has 0 bridgehead atoms. The highest BCUT2D eigenvalue weighted by Crippen LogP contribution is 2.16. The molecule has 0 radical (unpaired) electrons. The molecule has 0 N–H and O–H groups in total. The highest BCUT2D eigenvalue weighted by molar-refractivity contribution is 6.60. The minimum atomic E-state index is -2.50. The fourth-order valence-corrected chi connectivity index (χ4v) is 5.37. The van der Waals surface area contributed by atoms with Crippen LogP contribution in [-0.4, -0.2) is 52.8 Å². The predicted molar refractivity (Wildman–Crippen MR) is 80.2 cm³/mol. The van der Waals surface area contributed by atoms with E-state index in [0.29, 0.717) is 19.8 Å². The molecule has 1 heterocycles. The summed E-state index contributed by atoms with van der Waals surface area (Å²) in [6, 6.07) is 0. The van der Waals surface area contributed by atoms with Crippen LogP contribution in [0.25, 0.3) is 0 Å². The average Bonchev–Trinajstić information content (AvgIpc) is 2.33. The largest absolute Gasteiger partial charge is 0.515 e. The van der Waals surface area contributed by atoms with Crippen molar-refractivity contribution < 1.29 is 13.3 Å². The topological polar surface area (TPSA) is 30.9 Å². The maximum Gasteiger partial charge on any atom is 0.515 e. The molecule has 1 aliphatic heterocycles. The Morgan fingerprint density at radius 1 is 0.737 bits per heavy atom. The molecule has 1 rings (SSSR count). The van der Waals surface area contributed by atoms with Crippen molar-refractivity contribution >= 4 is 8.80 Å². The monoisotopic (exact) mass is 289 g/mol. The quantitative estimate of drug-likeness (QED) is 0.643. The molecule has 0 atom stereocenters. The second kappa shape index (κ2) is 9.88. The summed E-state index contributed by atoms with van der Waals surface area (Å²) in [7, 11) is -2.50. The molecule has 0 aromatic rings. The zero-order valence-corrected chi connectivity index (χ0v) is 14.0. The van der Waals surface area contributed by atoms with Crippen LogP contribution in [0.2, 0.25) is 0 Å². The first-order chi connectivity index (χ1) is 9.26. The second-order valence-corrected chi connectivity index (χ2v) is 7.57. The van der Waals surface area contributed by atoms with E-state index in [4.69, 9.17) is 13.3 Å². The normalized spacial score (nSPS) is 19.1. The first kappa shape index (κ1) is 17.1. The van der Waals surface area contributed by atoms with E-state index in [9.17, 15) is 0 Å². The van der Waals surface area contributed by atoms with Crippen LogP contribution in [0.15, 0.2) is 0 Å². The van der Waals surface area contributed by atoms with E-state index in [1.165, 1.54) is 32.1 Å². The van der Waals surface area contributed by atoms with Gasteiger partial charge in [0.2, 0.25) is 0 Å². The van der Waals surface area contributed by atoms with Gasteiger partial charge in [-0.05, 0) is 46.7 Å². The van der Waals surface area contributed by atoms with E-state index >= 15 is 0 Å². The van der Waals surface area contributed by atoms with Crippen molar-refractivity contribution in [1.29, 1.82) is 0 Å². The van der Waals surface area contributed by atoms with Crippen LogP contribution in [0.4, 0.5) is 0 Å². The molecule has 1 fully saturated rings. The highest BCUT2D eigenvalue weighted by atomic mass is 28.4. The van der Waals surface area contributed by atoms with Crippen molar-refractivity contribution in [2.24, 2.45) is 0 Å². The highest BCUT2D eigenvalue weighted by Gasteiger charge is 2.42. The number of likely N-dealkylation sites (tertiary alicyclic amines) is 1. The molecule has 1 saturated heterocycles. The van der Waals surface area contributed by atoms with Crippen molar-refractivity contribution in [3.63, 3.8) is 0 Å². The summed E-state index contributed by atoms with van der Waals surface area (Å²) in [6.07, 6.45) is 7.51. The molecule has 0 unspecified atom stereocenters. The summed E-state index contributed by atoms with van der Waals surface area (Å²) < 4.78 is 17.8. The van der Waals surface area contributed by atoms with Gasteiger partial charge < -0.3 is 13.3 Å². The summed E-state index contributed by atoms with van der Waals surface area (Å²) in [4.78, 5) is 2.49. The van der Waals surface area contributed by atoms with Crippen LogP contribution in [-0.2, 0) is 13.3 Å². The van der Waals surface area contributed by atoms with Gasteiger partial charge in [0, 0.05) is 19.8 Å². The van der Waals surface area contributed by atoms with Crippen LogP contribution in [0.3, 0.4) is 0 Å². The Morgan fingerprint density at radius 2 is 1.16 bits per heavy atom. The van der Waals surface area contributed by atoms with Gasteiger partial charge in [0.15, 0.2) is 0 Å². The number of hydrogen-bond donors (Lipinski definition) is 0. The summed E-state index contributed by atoms with van der Waals surface area (Å²) in [5.74, 6) is 0. The molecule has 0 aliphatic carbocycles. The first-order valence-corrected chi connectivity index (χ1v) is 9.83. The van der Waals surface area contributed by atoms with Crippen LogP contribution < -0.4 is 0 Å². The molecular weight excluding hydrogens is 258 g/mol. The fraction of sp³-hybridized carbons (Fsp3) is 1.00. The van der Waals surface area contributed by atoms with Gasteiger partial charge >= 0.3 is 8.80 Å². The zero-order valence-electron chi connectivity index (χ0n) is 13.0. The lowest BCUT2D eigenvalue weighted by molar-refractivity contribution is 0.0556. The lowest BCUT2D eigenvalue weighted by Crippen LogP contribution is -2.56. The molecule has 5 heteroatoms. The van der Waals surface area contributed by atoms with Gasteiger partial charge in [-0.1, -0.05) is 19.3 Å². The van der Waals surface area contributed by atoms with Gasteiger partial charge in [-0.15, -0.1) is 0 Å². The van der Waals surface area contributed by atoms with Gasteiger partial charge in [0.1, 0.15) is 0 Å². The maximum atomic E-state index is 5.94. The molecule has 0 aromatic heterocycles. The summed E-state index contributed by atoms with van der Waals surface area (Å²) >= 11 is 0. The molecule has 0 saturated carbocycles. The van der Waals surface area contributed by atoms with E-state index in [0.717, 1.165) is 19.3 Å².